The summed E-state index contributed by atoms with van der Waals surface area (Å²) in [5.41, 5.74) is 1.39. The number of hydrogen-bond acceptors (Lipinski definition) is 4. The van der Waals surface area contributed by atoms with Gasteiger partial charge in [0.2, 0.25) is 0 Å². The van der Waals surface area contributed by atoms with Crippen molar-refractivity contribution < 1.29 is 27.8 Å². The number of ether oxygens (including phenoxy) is 2. The van der Waals surface area contributed by atoms with Crippen molar-refractivity contribution >= 4 is 12.2 Å². The first-order chi connectivity index (χ1) is 15.6. The lowest BCUT2D eigenvalue weighted by atomic mass is 9.88. The van der Waals surface area contributed by atoms with Gasteiger partial charge in [-0.25, -0.2) is 18.4 Å². The Bertz CT molecular complexity index is 1050. The van der Waals surface area contributed by atoms with Crippen molar-refractivity contribution in [3.8, 4) is 0 Å². The first-order valence-corrected chi connectivity index (χ1v) is 11.1. The van der Waals surface area contributed by atoms with Gasteiger partial charge in [-0.15, -0.1) is 0 Å². The number of hydrogen-bond donors (Lipinski definition) is 0. The average Bonchev–Trinajstić information content (AvgIpc) is 3.21. The highest BCUT2D eigenvalue weighted by molar-refractivity contribution is 5.71. The largest absolute Gasteiger partial charge is 0.444 e. The summed E-state index contributed by atoms with van der Waals surface area (Å²) >= 11 is 0. The van der Waals surface area contributed by atoms with E-state index in [1.54, 1.807) is 20.8 Å². The Hall–Kier alpha value is -3.16. The predicted octanol–water partition coefficient (Wildman–Crippen LogP) is 5.06. The number of halogens is 2. The fraction of sp³-hybridized carbons (Fsp3) is 0.440. The molecule has 2 amide bonds. The maximum atomic E-state index is 14.8. The first kappa shape index (κ1) is 23.0. The van der Waals surface area contributed by atoms with Gasteiger partial charge in [-0.2, -0.15) is 0 Å². The number of rotatable bonds is 2. The van der Waals surface area contributed by atoms with Gasteiger partial charge in [-0.1, -0.05) is 30.3 Å². The normalized spacial score (nSPS) is 20.4. The van der Waals surface area contributed by atoms with Gasteiger partial charge in [-0.3, -0.25) is 4.90 Å². The minimum absolute atomic E-state index is 0.210. The molecule has 2 heterocycles. The molecule has 8 heteroatoms. The molecule has 2 atom stereocenters. The number of amides is 2. The lowest BCUT2D eigenvalue weighted by Crippen LogP contribution is -2.43. The van der Waals surface area contributed by atoms with Crippen molar-refractivity contribution in [1.29, 1.82) is 0 Å². The molecule has 0 saturated carbocycles. The number of benzene rings is 2. The van der Waals surface area contributed by atoms with Crippen LogP contribution in [0.15, 0.2) is 42.5 Å². The Morgan fingerprint density at radius 3 is 2.48 bits per heavy atom. The molecule has 0 aromatic heterocycles. The highest BCUT2D eigenvalue weighted by Crippen LogP contribution is 2.37. The Labute approximate surface area is 192 Å². The molecule has 1 saturated heterocycles. The number of carbonyl (C=O) groups is 2. The van der Waals surface area contributed by atoms with Crippen molar-refractivity contribution in [2.75, 3.05) is 19.6 Å². The summed E-state index contributed by atoms with van der Waals surface area (Å²) in [5, 5.41) is 0. The molecule has 0 aliphatic carbocycles. The van der Waals surface area contributed by atoms with Gasteiger partial charge in [0.25, 0.3) is 0 Å². The van der Waals surface area contributed by atoms with Crippen LogP contribution in [0.1, 0.15) is 49.9 Å². The summed E-state index contributed by atoms with van der Waals surface area (Å²) in [5.74, 6) is -1.39. The van der Waals surface area contributed by atoms with Crippen molar-refractivity contribution in [2.45, 2.75) is 51.4 Å². The van der Waals surface area contributed by atoms with E-state index in [2.05, 4.69) is 0 Å². The zero-order valence-electron chi connectivity index (χ0n) is 19.0. The van der Waals surface area contributed by atoms with Gasteiger partial charge in [0, 0.05) is 31.1 Å². The molecule has 0 N–H and O–H groups in total. The quantitative estimate of drug-likeness (QED) is 0.631. The minimum atomic E-state index is -0.730. The lowest BCUT2D eigenvalue weighted by molar-refractivity contribution is 0.0230. The molecular weight excluding hydrogens is 430 g/mol. The highest BCUT2D eigenvalue weighted by Gasteiger charge is 2.37. The Morgan fingerprint density at radius 1 is 1.00 bits per heavy atom. The number of carbonyl (C=O) groups excluding carboxylic acids is 2. The van der Waals surface area contributed by atoms with E-state index in [0.717, 1.165) is 17.2 Å². The number of fused-ring (bicyclic) bond motifs is 1. The van der Waals surface area contributed by atoms with Crippen LogP contribution < -0.4 is 0 Å². The van der Waals surface area contributed by atoms with Crippen LogP contribution in [0, 0.1) is 11.6 Å². The fourth-order valence-corrected chi connectivity index (χ4v) is 4.35. The molecule has 2 aliphatic rings. The molecular formula is C25H28F2N2O4. The van der Waals surface area contributed by atoms with E-state index in [1.165, 1.54) is 21.9 Å². The van der Waals surface area contributed by atoms with Crippen molar-refractivity contribution in [3.63, 3.8) is 0 Å². The second-order valence-corrected chi connectivity index (χ2v) is 9.43. The topological polar surface area (TPSA) is 59.1 Å². The molecule has 2 aliphatic heterocycles. The van der Waals surface area contributed by atoms with E-state index in [-0.39, 0.29) is 12.1 Å². The zero-order valence-corrected chi connectivity index (χ0v) is 19.0. The standard InChI is InChI=1S/C25H28F2N2O4/c1-25(2,3)33-23(30)28-12-11-18(15-28)32-24(31)29-13-10-16-6-4-5-7-19(16)22(29)20-9-8-17(26)14-21(20)27/h4-9,14,18,22H,10-13,15H2,1-3H3/t18?,22-/m1/s1. The monoisotopic (exact) mass is 458 g/mol. The first-order valence-electron chi connectivity index (χ1n) is 11.1. The maximum absolute atomic E-state index is 14.8. The van der Waals surface area contributed by atoms with Crippen LogP contribution in [0.2, 0.25) is 0 Å². The SMILES string of the molecule is CC(C)(C)OC(=O)N1CCC(OC(=O)N2CCc3ccccc3[C@@H]2c2ccc(F)cc2F)C1. The molecule has 2 aromatic rings. The van der Waals surface area contributed by atoms with E-state index in [4.69, 9.17) is 9.47 Å². The Balaban J connectivity index is 1.52. The third-order valence-corrected chi connectivity index (χ3v) is 5.84. The maximum Gasteiger partial charge on any atom is 0.410 e. The van der Waals surface area contributed by atoms with E-state index in [9.17, 15) is 18.4 Å². The Morgan fingerprint density at radius 2 is 1.76 bits per heavy atom. The predicted molar refractivity (Wildman–Crippen MR) is 118 cm³/mol. The van der Waals surface area contributed by atoms with Crippen LogP contribution in [-0.4, -0.2) is 53.3 Å². The zero-order chi connectivity index (χ0) is 23.8. The third kappa shape index (κ3) is 5.10. The Kier molecular flexibility index (Phi) is 6.28. The van der Waals surface area contributed by atoms with Gasteiger partial charge in [0.05, 0.1) is 12.6 Å². The second-order valence-electron chi connectivity index (χ2n) is 9.43. The van der Waals surface area contributed by atoms with E-state index in [1.807, 2.05) is 24.3 Å². The molecule has 2 aromatic carbocycles. The molecule has 0 bridgehead atoms. The van der Waals surface area contributed by atoms with Crippen LogP contribution in [0.5, 0.6) is 0 Å². The van der Waals surface area contributed by atoms with Crippen LogP contribution in [0.4, 0.5) is 18.4 Å². The molecule has 1 fully saturated rings. The van der Waals surface area contributed by atoms with Gasteiger partial charge in [-0.05, 0) is 44.4 Å². The summed E-state index contributed by atoms with van der Waals surface area (Å²) in [6.45, 7) is 6.37. The van der Waals surface area contributed by atoms with E-state index >= 15 is 0 Å². The highest BCUT2D eigenvalue weighted by atomic mass is 19.1. The van der Waals surface area contributed by atoms with Crippen LogP contribution >= 0.6 is 0 Å². The average molecular weight is 459 g/mol. The summed E-state index contributed by atoms with van der Waals surface area (Å²) < 4.78 is 39.4. The van der Waals surface area contributed by atoms with E-state index < -0.39 is 41.6 Å². The number of likely N-dealkylation sites (tertiary alicyclic amines) is 1. The smallest absolute Gasteiger partial charge is 0.410 e. The van der Waals surface area contributed by atoms with Crippen LogP contribution in [0.25, 0.3) is 0 Å². The summed E-state index contributed by atoms with van der Waals surface area (Å²) in [4.78, 5) is 28.5. The summed E-state index contributed by atoms with van der Waals surface area (Å²) in [7, 11) is 0. The summed E-state index contributed by atoms with van der Waals surface area (Å²) in [6, 6.07) is 10.2. The molecule has 0 spiro atoms. The van der Waals surface area contributed by atoms with Crippen molar-refractivity contribution in [1.82, 2.24) is 9.80 Å². The van der Waals surface area contributed by atoms with E-state index in [0.29, 0.717) is 25.9 Å². The molecule has 1 unspecified atom stereocenters. The second kappa shape index (κ2) is 9.00. The van der Waals surface area contributed by atoms with Crippen molar-refractivity contribution in [3.05, 3.63) is 70.8 Å². The van der Waals surface area contributed by atoms with Crippen LogP contribution in [-0.2, 0) is 15.9 Å². The van der Waals surface area contributed by atoms with Gasteiger partial charge in [0.15, 0.2) is 0 Å². The molecule has 6 nitrogen and oxygen atoms in total. The van der Waals surface area contributed by atoms with Crippen molar-refractivity contribution in [2.24, 2.45) is 0 Å². The summed E-state index contributed by atoms with van der Waals surface area (Å²) in [6.07, 6.45) is -0.432. The molecule has 4 rings (SSSR count). The minimum Gasteiger partial charge on any atom is -0.444 e. The van der Waals surface area contributed by atoms with Gasteiger partial charge < -0.3 is 14.4 Å². The van der Waals surface area contributed by atoms with Crippen LogP contribution in [0.3, 0.4) is 0 Å². The fourth-order valence-electron chi connectivity index (χ4n) is 4.35. The van der Waals surface area contributed by atoms with Gasteiger partial charge in [0.1, 0.15) is 23.3 Å². The lowest BCUT2D eigenvalue weighted by Gasteiger charge is -2.37. The molecule has 176 valence electrons. The number of nitrogens with zero attached hydrogens (tertiary/aromatic N) is 2. The molecule has 0 radical (unpaired) electrons. The third-order valence-electron chi connectivity index (χ3n) is 5.84. The van der Waals surface area contributed by atoms with Gasteiger partial charge >= 0.3 is 12.2 Å². The molecule has 33 heavy (non-hydrogen) atoms.